The van der Waals surface area contributed by atoms with Gasteiger partial charge >= 0.3 is 0 Å². The van der Waals surface area contributed by atoms with Crippen LogP contribution in [0.3, 0.4) is 0 Å². The Hall–Kier alpha value is -2.79. The van der Waals surface area contributed by atoms with Crippen molar-refractivity contribution >= 4 is 11.4 Å². The first-order valence-corrected chi connectivity index (χ1v) is 8.93. The predicted molar refractivity (Wildman–Crippen MR) is 105 cm³/mol. The lowest BCUT2D eigenvalue weighted by Crippen LogP contribution is -2.15. The van der Waals surface area contributed by atoms with Gasteiger partial charge in [0, 0.05) is 60.7 Å². The lowest BCUT2D eigenvalue weighted by Gasteiger charge is -2.15. The number of benzene rings is 1. The molecule has 2 aromatic heterocycles. The summed E-state index contributed by atoms with van der Waals surface area (Å²) in [5.41, 5.74) is 14.4. The first kappa shape index (κ1) is 16.7. The van der Waals surface area contributed by atoms with Crippen LogP contribution in [-0.2, 0) is 24.2 Å². The molecule has 1 aliphatic heterocycles. The Morgan fingerprint density at radius 3 is 2.88 bits per heavy atom. The summed E-state index contributed by atoms with van der Waals surface area (Å²) in [7, 11) is 1.74. The van der Waals surface area contributed by atoms with Gasteiger partial charge in [-0.25, -0.2) is 0 Å². The van der Waals surface area contributed by atoms with Crippen molar-refractivity contribution in [2.24, 2.45) is 0 Å². The molecule has 0 bridgehead atoms. The number of hydrogen-bond acceptors (Lipinski definition) is 4. The zero-order valence-corrected chi connectivity index (χ0v) is 15.2. The van der Waals surface area contributed by atoms with Crippen molar-refractivity contribution in [1.29, 1.82) is 0 Å². The summed E-state index contributed by atoms with van der Waals surface area (Å²) in [5, 5.41) is 3.57. The summed E-state index contributed by atoms with van der Waals surface area (Å²) in [5.74, 6) is 0. The molecular formula is C21H24N4O. The van der Waals surface area contributed by atoms with Crippen molar-refractivity contribution in [1.82, 2.24) is 9.55 Å². The van der Waals surface area contributed by atoms with Gasteiger partial charge in [0.05, 0.1) is 18.3 Å². The van der Waals surface area contributed by atoms with E-state index in [0.29, 0.717) is 0 Å². The number of fused-ring (bicyclic) bond motifs is 2. The van der Waals surface area contributed by atoms with E-state index in [1.54, 1.807) is 13.3 Å². The van der Waals surface area contributed by atoms with Gasteiger partial charge in [0.2, 0.25) is 0 Å². The van der Waals surface area contributed by atoms with Gasteiger partial charge in [0.1, 0.15) is 0 Å². The van der Waals surface area contributed by atoms with E-state index in [1.165, 1.54) is 16.9 Å². The maximum absolute atomic E-state index is 6.66. The number of nitrogens with one attached hydrogen (secondary N) is 1. The SMILES string of the molecule is COC(C)Cc1c(N)c(-c2cccnc2)c2n1Cc1ccccc1NC2. The molecule has 134 valence electrons. The number of ether oxygens (including phenoxy) is 1. The summed E-state index contributed by atoms with van der Waals surface area (Å²) in [4.78, 5) is 4.29. The highest BCUT2D eigenvalue weighted by Gasteiger charge is 2.25. The molecule has 0 saturated carbocycles. The van der Waals surface area contributed by atoms with Gasteiger partial charge in [-0.2, -0.15) is 0 Å². The minimum absolute atomic E-state index is 0.101. The van der Waals surface area contributed by atoms with E-state index in [2.05, 4.69) is 52.1 Å². The average Bonchev–Trinajstić information content (AvgIpc) is 2.82. The van der Waals surface area contributed by atoms with Crippen LogP contribution in [0.2, 0.25) is 0 Å². The van der Waals surface area contributed by atoms with Crippen molar-refractivity contribution in [3.63, 3.8) is 0 Å². The number of methoxy groups -OCH3 is 1. The zero-order chi connectivity index (χ0) is 18.1. The highest BCUT2D eigenvalue weighted by molar-refractivity contribution is 5.82. The van der Waals surface area contributed by atoms with Gasteiger partial charge in [0.15, 0.2) is 0 Å². The van der Waals surface area contributed by atoms with Crippen molar-refractivity contribution in [3.8, 4) is 11.1 Å². The summed E-state index contributed by atoms with van der Waals surface area (Å²) in [6.07, 6.45) is 4.55. The standard InChI is InChI=1S/C21H24N4O/c1-14(26-2)10-18-21(22)20(15-7-5-9-23-11-15)19-12-24-17-8-4-3-6-16(17)13-25(18)19/h3-9,11,14,24H,10,12-13,22H2,1-2H3. The molecule has 1 aliphatic rings. The van der Waals surface area contributed by atoms with Gasteiger partial charge in [0.25, 0.3) is 0 Å². The Kier molecular flexibility index (Phi) is 4.39. The number of hydrogen-bond donors (Lipinski definition) is 2. The molecule has 1 unspecified atom stereocenters. The van der Waals surface area contributed by atoms with Crippen molar-refractivity contribution in [3.05, 3.63) is 65.7 Å². The van der Waals surface area contributed by atoms with Crippen LogP contribution < -0.4 is 11.1 Å². The first-order valence-electron chi connectivity index (χ1n) is 8.93. The van der Waals surface area contributed by atoms with Crippen LogP contribution in [-0.4, -0.2) is 22.8 Å². The van der Waals surface area contributed by atoms with E-state index >= 15 is 0 Å². The van der Waals surface area contributed by atoms with Crippen LogP contribution in [0.4, 0.5) is 11.4 Å². The molecule has 0 saturated heterocycles. The maximum Gasteiger partial charge on any atom is 0.0612 e. The number of nitrogens with two attached hydrogens (primary N) is 1. The maximum atomic E-state index is 6.66. The van der Waals surface area contributed by atoms with Gasteiger partial charge < -0.3 is 20.4 Å². The van der Waals surface area contributed by atoms with E-state index in [9.17, 15) is 0 Å². The van der Waals surface area contributed by atoms with Crippen LogP contribution in [0.5, 0.6) is 0 Å². The molecule has 0 spiro atoms. The zero-order valence-electron chi connectivity index (χ0n) is 15.2. The third kappa shape index (κ3) is 2.84. The van der Waals surface area contributed by atoms with Crippen molar-refractivity contribution < 1.29 is 4.74 Å². The fourth-order valence-corrected chi connectivity index (χ4v) is 3.71. The summed E-state index contributed by atoms with van der Waals surface area (Å²) >= 11 is 0. The molecule has 1 aromatic carbocycles. The van der Waals surface area contributed by atoms with Gasteiger partial charge in [-0.3, -0.25) is 4.98 Å². The first-order chi connectivity index (χ1) is 12.7. The van der Waals surface area contributed by atoms with Gasteiger partial charge in [-0.1, -0.05) is 24.3 Å². The molecule has 3 heterocycles. The lowest BCUT2D eigenvalue weighted by molar-refractivity contribution is 0.117. The monoisotopic (exact) mass is 348 g/mol. The van der Waals surface area contributed by atoms with Gasteiger partial charge in [-0.15, -0.1) is 0 Å². The molecule has 1 atom stereocenters. The predicted octanol–water partition coefficient (Wildman–Crippen LogP) is 3.68. The van der Waals surface area contributed by atoms with Crippen LogP contribution in [0.15, 0.2) is 48.8 Å². The molecule has 5 heteroatoms. The minimum Gasteiger partial charge on any atom is -0.397 e. The molecule has 0 aliphatic carbocycles. The molecule has 3 aromatic rings. The van der Waals surface area contributed by atoms with E-state index in [0.717, 1.165) is 42.0 Å². The molecule has 0 radical (unpaired) electrons. The van der Waals surface area contributed by atoms with E-state index in [4.69, 9.17) is 10.5 Å². The third-order valence-corrected chi connectivity index (χ3v) is 5.15. The Morgan fingerprint density at radius 2 is 2.12 bits per heavy atom. The third-order valence-electron chi connectivity index (χ3n) is 5.15. The fourth-order valence-electron chi connectivity index (χ4n) is 3.71. The molecule has 5 nitrogen and oxygen atoms in total. The van der Waals surface area contributed by atoms with Crippen LogP contribution in [0, 0.1) is 0 Å². The molecule has 0 amide bonds. The normalized spacial score (nSPS) is 14.1. The highest BCUT2D eigenvalue weighted by Crippen LogP contribution is 2.38. The Bertz CT molecular complexity index is 917. The number of nitrogens with zero attached hydrogens (tertiary/aromatic N) is 2. The van der Waals surface area contributed by atoms with Gasteiger partial charge in [-0.05, 0) is 24.6 Å². The van der Waals surface area contributed by atoms with Crippen LogP contribution in [0.1, 0.15) is 23.9 Å². The average molecular weight is 348 g/mol. The molecule has 3 N–H and O–H groups in total. The largest absolute Gasteiger partial charge is 0.397 e. The minimum atomic E-state index is 0.101. The topological polar surface area (TPSA) is 65.1 Å². The van der Waals surface area contributed by atoms with E-state index < -0.39 is 0 Å². The number of nitrogen functional groups attached to an aromatic ring is 1. The fraction of sp³-hybridized carbons (Fsp3) is 0.286. The molecule has 0 fully saturated rings. The molecule has 26 heavy (non-hydrogen) atoms. The lowest BCUT2D eigenvalue weighted by atomic mass is 10.0. The Balaban J connectivity index is 1.89. The summed E-state index contributed by atoms with van der Waals surface area (Å²) < 4.78 is 7.87. The summed E-state index contributed by atoms with van der Waals surface area (Å²) in [6.45, 7) is 3.60. The van der Waals surface area contributed by atoms with E-state index in [1.807, 2.05) is 12.3 Å². The second-order valence-corrected chi connectivity index (χ2v) is 6.77. The van der Waals surface area contributed by atoms with E-state index in [-0.39, 0.29) is 6.10 Å². The van der Waals surface area contributed by atoms with Crippen molar-refractivity contribution in [2.45, 2.75) is 32.5 Å². The smallest absolute Gasteiger partial charge is 0.0612 e. The Labute approximate surface area is 153 Å². The number of para-hydroxylation sites is 1. The summed E-state index contributed by atoms with van der Waals surface area (Å²) in [6, 6.07) is 12.5. The second kappa shape index (κ2) is 6.84. The molecule has 4 rings (SSSR count). The van der Waals surface area contributed by atoms with Crippen LogP contribution in [0.25, 0.3) is 11.1 Å². The second-order valence-electron chi connectivity index (χ2n) is 6.77. The highest BCUT2D eigenvalue weighted by atomic mass is 16.5. The van der Waals surface area contributed by atoms with Crippen molar-refractivity contribution in [2.75, 3.05) is 18.2 Å². The number of rotatable bonds is 4. The number of aromatic nitrogens is 2. The van der Waals surface area contributed by atoms with Crippen LogP contribution >= 0.6 is 0 Å². The number of anilines is 2. The Morgan fingerprint density at radius 1 is 1.27 bits per heavy atom. The number of pyridine rings is 1. The quantitative estimate of drug-likeness (QED) is 0.755. The molecular weight excluding hydrogens is 324 g/mol.